The summed E-state index contributed by atoms with van der Waals surface area (Å²) in [6.45, 7) is 12.1. The van der Waals surface area contributed by atoms with Crippen molar-refractivity contribution < 1.29 is 14.4 Å². The third-order valence-corrected chi connectivity index (χ3v) is 4.77. The average molecular weight is 324 g/mol. The number of hydrogen-bond donors (Lipinski definition) is 2. The zero-order chi connectivity index (χ0) is 17.6. The number of amides is 5. The number of rotatable bonds is 1. The van der Waals surface area contributed by atoms with Crippen molar-refractivity contribution >= 4 is 18.0 Å². The number of urea groups is 2. The summed E-state index contributed by atoms with van der Waals surface area (Å²) in [4.78, 5) is 39.7. The molecule has 23 heavy (non-hydrogen) atoms. The number of piperidine rings is 1. The van der Waals surface area contributed by atoms with Crippen LogP contribution in [0.5, 0.6) is 0 Å². The summed E-state index contributed by atoms with van der Waals surface area (Å²) in [5.41, 5.74) is -0.711. The highest BCUT2D eigenvalue weighted by molar-refractivity contribution is 5.94. The van der Waals surface area contributed by atoms with E-state index in [4.69, 9.17) is 0 Å². The molecular weight excluding hydrogens is 296 g/mol. The lowest BCUT2D eigenvalue weighted by molar-refractivity contribution is -0.149. The van der Waals surface area contributed by atoms with Crippen LogP contribution in [0.2, 0.25) is 0 Å². The first kappa shape index (κ1) is 17.6. The van der Waals surface area contributed by atoms with Crippen molar-refractivity contribution in [3.8, 4) is 0 Å². The highest BCUT2D eigenvalue weighted by atomic mass is 16.2. The Bertz CT molecular complexity index is 511. The van der Waals surface area contributed by atoms with Gasteiger partial charge in [0.25, 0.3) is 0 Å². The summed E-state index contributed by atoms with van der Waals surface area (Å²) < 4.78 is 0. The number of likely N-dealkylation sites (tertiary alicyclic amines) is 1. The van der Waals surface area contributed by atoms with Crippen LogP contribution >= 0.6 is 0 Å². The molecule has 130 valence electrons. The molecule has 0 aliphatic carbocycles. The maximum atomic E-state index is 12.4. The second-order valence-corrected chi connectivity index (χ2v) is 8.00. The maximum Gasteiger partial charge on any atom is 0.325 e. The van der Waals surface area contributed by atoms with Crippen LogP contribution in [0.1, 0.15) is 54.4 Å². The van der Waals surface area contributed by atoms with Crippen LogP contribution in [0, 0.1) is 0 Å². The van der Waals surface area contributed by atoms with Gasteiger partial charge < -0.3 is 15.1 Å². The topological polar surface area (TPSA) is 81.8 Å². The van der Waals surface area contributed by atoms with Gasteiger partial charge in [0.15, 0.2) is 0 Å². The average Bonchev–Trinajstić information content (AvgIpc) is 2.42. The Balaban J connectivity index is 2.29. The number of imide groups is 1. The number of carbonyl (C=O) groups excluding carboxylic acids is 3. The fourth-order valence-corrected chi connectivity index (χ4v) is 4.47. The lowest BCUT2D eigenvalue weighted by atomic mass is 9.76. The highest BCUT2D eigenvalue weighted by Crippen LogP contribution is 2.40. The first-order chi connectivity index (χ1) is 10.4. The summed E-state index contributed by atoms with van der Waals surface area (Å²) in [5.74, 6) is 0.0454. The molecule has 2 fully saturated rings. The van der Waals surface area contributed by atoms with Crippen LogP contribution in [-0.4, -0.2) is 57.5 Å². The van der Waals surface area contributed by atoms with Crippen molar-refractivity contribution in [3.63, 3.8) is 0 Å². The van der Waals surface area contributed by atoms with Gasteiger partial charge >= 0.3 is 12.1 Å². The molecule has 2 rings (SSSR count). The molecule has 0 saturated carbocycles. The van der Waals surface area contributed by atoms with E-state index in [9.17, 15) is 14.4 Å². The molecule has 0 aromatic rings. The molecule has 2 N–H and O–H groups in total. The molecule has 2 aliphatic heterocycles. The van der Waals surface area contributed by atoms with Crippen molar-refractivity contribution in [2.75, 3.05) is 6.54 Å². The van der Waals surface area contributed by atoms with E-state index in [1.165, 1.54) is 0 Å². The first-order valence-electron chi connectivity index (χ1n) is 8.13. The Morgan fingerprint density at radius 2 is 1.65 bits per heavy atom. The predicted molar refractivity (Wildman–Crippen MR) is 86.9 cm³/mol. The molecule has 2 saturated heterocycles. The molecule has 1 unspecified atom stereocenters. The van der Waals surface area contributed by atoms with Gasteiger partial charge in [-0.05, 0) is 47.5 Å². The maximum absolute atomic E-state index is 12.4. The van der Waals surface area contributed by atoms with Crippen LogP contribution in [0.25, 0.3) is 0 Å². The van der Waals surface area contributed by atoms with Crippen LogP contribution < -0.4 is 10.6 Å². The third-order valence-electron chi connectivity index (χ3n) is 4.77. The van der Waals surface area contributed by atoms with Gasteiger partial charge in [-0.15, -0.1) is 0 Å². The second-order valence-electron chi connectivity index (χ2n) is 8.00. The van der Waals surface area contributed by atoms with Gasteiger partial charge in [0.05, 0.1) is 0 Å². The molecular formula is C16H28N4O3. The van der Waals surface area contributed by atoms with E-state index in [0.717, 1.165) is 0 Å². The van der Waals surface area contributed by atoms with Crippen LogP contribution in [-0.2, 0) is 4.79 Å². The van der Waals surface area contributed by atoms with Crippen molar-refractivity contribution in [1.82, 2.24) is 20.4 Å². The molecule has 2 aliphatic rings. The largest absolute Gasteiger partial charge is 0.334 e. The van der Waals surface area contributed by atoms with Crippen LogP contribution in [0.4, 0.5) is 9.59 Å². The number of hydrogen-bond acceptors (Lipinski definition) is 3. The van der Waals surface area contributed by atoms with Gasteiger partial charge in [-0.3, -0.25) is 10.1 Å². The normalized spacial score (nSPS) is 28.0. The molecule has 7 nitrogen and oxygen atoms in total. The Hall–Kier alpha value is -1.79. The quantitative estimate of drug-likeness (QED) is 0.770. The van der Waals surface area contributed by atoms with Crippen molar-refractivity contribution in [1.29, 1.82) is 0 Å². The van der Waals surface area contributed by atoms with E-state index in [1.807, 2.05) is 39.5 Å². The Morgan fingerprint density at radius 3 is 2.13 bits per heavy atom. The summed E-state index contributed by atoms with van der Waals surface area (Å²) in [5, 5.41) is 5.10. The van der Waals surface area contributed by atoms with E-state index in [0.29, 0.717) is 19.4 Å². The molecule has 0 spiro atoms. The monoisotopic (exact) mass is 324 g/mol. The molecule has 0 bridgehead atoms. The summed E-state index contributed by atoms with van der Waals surface area (Å²) in [6, 6.07) is -0.950. The van der Waals surface area contributed by atoms with Crippen molar-refractivity contribution in [2.45, 2.75) is 77.5 Å². The number of nitrogens with one attached hydrogen (secondary N) is 2. The first-order valence-corrected chi connectivity index (χ1v) is 8.13. The Kier molecular flexibility index (Phi) is 4.34. The van der Waals surface area contributed by atoms with Gasteiger partial charge in [-0.1, -0.05) is 0 Å². The van der Waals surface area contributed by atoms with E-state index in [-0.39, 0.29) is 35.1 Å². The lowest BCUT2D eigenvalue weighted by Gasteiger charge is -2.56. The highest BCUT2D eigenvalue weighted by Gasteiger charge is 2.49. The zero-order valence-electron chi connectivity index (χ0n) is 14.9. The van der Waals surface area contributed by atoms with Gasteiger partial charge in [-0.25, -0.2) is 9.59 Å². The van der Waals surface area contributed by atoms with Gasteiger partial charge in [0.2, 0.25) is 5.91 Å². The summed E-state index contributed by atoms with van der Waals surface area (Å²) >= 11 is 0. The molecule has 0 radical (unpaired) electrons. The number of nitrogens with zero attached hydrogens (tertiary/aromatic N) is 2. The summed E-state index contributed by atoms with van der Waals surface area (Å²) in [7, 11) is 0. The third kappa shape index (κ3) is 3.43. The molecule has 7 heteroatoms. The smallest absolute Gasteiger partial charge is 0.325 e. The van der Waals surface area contributed by atoms with Crippen molar-refractivity contribution in [2.24, 2.45) is 0 Å². The molecule has 0 aromatic heterocycles. The fourth-order valence-electron chi connectivity index (χ4n) is 4.47. The minimum atomic E-state index is -0.454. The minimum Gasteiger partial charge on any atom is -0.334 e. The Morgan fingerprint density at radius 1 is 1.13 bits per heavy atom. The standard InChI is InChI=1S/C16H28N4O3/c1-10-9-19(14(23)18-13(22)17-10)12-7-15(3,4)20(11(2)21)16(5,6)8-12/h10,12H,7-9H2,1-6H3,(H2,17,18,22,23). The second kappa shape index (κ2) is 5.69. The van der Waals surface area contributed by atoms with E-state index < -0.39 is 6.03 Å². The molecule has 1 atom stereocenters. The zero-order valence-corrected chi connectivity index (χ0v) is 14.9. The lowest BCUT2D eigenvalue weighted by Crippen LogP contribution is -2.66. The minimum absolute atomic E-state index is 0.0225. The SMILES string of the molecule is CC(=O)N1C(C)(C)CC(N2CC(C)NC(=O)NC2=O)CC1(C)C. The van der Waals surface area contributed by atoms with Crippen molar-refractivity contribution in [3.05, 3.63) is 0 Å². The molecule has 2 heterocycles. The molecule has 5 amide bonds. The van der Waals surface area contributed by atoms with Gasteiger partial charge in [0, 0.05) is 36.6 Å². The van der Waals surface area contributed by atoms with Crippen LogP contribution in [0.15, 0.2) is 0 Å². The van der Waals surface area contributed by atoms with Gasteiger partial charge in [0.1, 0.15) is 0 Å². The predicted octanol–water partition coefficient (Wildman–Crippen LogP) is 1.68. The summed E-state index contributed by atoms with van der Waals surface area (Å²) in [6.07, 6.45) is 1.37. The van der Waals surface area contributed by atoms with Crippen LogP contribution in [0.3, 0.4) is 0 Å². The van der Waals surface area contributed by atoms with E-state index in [2.05, 4.69) is 10.6 Å². The van der Waals surface area contributed by atoms with E-state index >= 15 is 0 Å². The van der Waals surface area contributed by atoms with Gasteiger partial charge in [-0.2, -0.15) is 0 Å². The fraction of sp³-hybridized carbons (Fsp3) is 0.812. The Labute approximate surface area is 137 Å². The number of carbonyl (C=O) groups is 3. The van der Waals surface area contributed by atoms with E-state index in [1.54, 1.807) is 11.8 Å². The molecule has 0 aromatic carbocycles.